The minimum atomic E-state index is -0.879. The molecular formula is C53H97NO5. The first-order valence-corrected chi connectivity index (χ1v) is 25.4. The van der Waals surface area contributed by atoms with Gasteiger partial charge in [-0.1, -0.05) is 210 Å². The van der Waals surface area contributed by atoms with Crippen LogP contribution in [0.3, 0.4) is 0 Å². The number of allylic oxidation sites excluding steroid dienone is 7. The predicted octanol–water partition coefficient (Wildman–Crippen LogP) is 15.1. The van der Waals surface area contributed by atoms with E-state index >= 15 is 0 Å². The fourth-order valence-corrected chi connectivity index (χ4v) is 7.38. The summed E-state index contributed by atoms with van der Waals surface area (Å²) in [5, 5.41) is 23.0. The van der Waals surface area contributed by atoms with Gasteiger partial charge in [0, 0.05) is 12.8 Å². The molecule has 0 aliphatic rings. The molecule has 0 heterocycles. The lowest BCUT2D eigenvalue weighted by Gasteiger charge is -2.19. The van der Waals surface area contributed by atoms with Gasteiger partial charge < -0.3 is 20.3 Å². The van der Waals surface area contributed by atoms with Crippen molar-refractivity contribution in [1.82, 2.24) is 5.32 Å². The van der Waals surface area contributed by atoms with Crippen molar-refractivity contribution in [1.29, 1.82) is 0 Å². The lowest BCUT2D eigenvalue weighted by Crippen LogP contribution is -2.45. The Morgan fingerprint density at radius 1 is 0.475 bits per heavy atom. The Morgan fingerprint density at radius 3 is 1.34 bits per heavy atom. The second kappa shape index (κ2) is 48.5. The van der Waals surface area contributed by atoms with Gasteiger partial charge in [0.05, 0.1) is 25.4 Å². The zero-order chi connectivity index (χ0) is 43.0. The van der Waals surface area contributed by atoms with Crippen LogP contribution >= 0.6 is 0 Å². The fourth-order valence-electron chi connectivity index (χ4n) is 7.38. The molecule has 0 aliphatic heterocycles. The summed E-state index contributed by atoms with van der Waals surface area (Å²) in [6, 6.07) is -0.672. The molecule has 1 amide bonds. The molecule has 0 fully saturated rings. The van der Waals surface area contributed by atoms with E-state index in [2.05, 4.69) is 49.5 Å². The molecule has 3 N–H and O–H groups in total. The molecule has 0 aromatic rings. The third kappa shape index (κ3) is 45.2. The van der Waals surface area contributed by atoms with Crippen molar-refractivity contribution in [2.45, 2.75) is 264 Å². The number of carbonyl (C=O) groups excluding carboxylic acids is 2. The van der Waals surface area contributed by atoms with E-state index in [1.165, 1.54) is 167 Å². The number of ether oxygens (including phenoxy) is 1. The van der Waals surface area contributed by atoms with E-state index < -0.39 is 12.1 Å². The van der Waals surface area contributed by atoms with Crippen molar-refractivity contribution in [3.63, 3.8) is 0 Å². The summed E-state index contributed by atoms with van der Waals surface area (Å²) in [5.41, 5.74) is 0. The Balaban J connectivity index is 3.60. The fraction of sp³-hybridized carbons (Fsp3) is 0.811. The maximum absolute atomic E-state index is 12.4. The molecule has 0 spiro atoms. The molecule has 6 nitrogen and oxygen atoms in total. The van der Waals surface area contributed by atoms with Crippen LogP contribution in [0.1, 0.15) is 251 Å². The first-order chi connectivity index (χ1) is 29.0. The molecular weight excluding hydrogens is 731 g/mol. The summed E-state index contributed by atoms with van der Waals surface area (Å²) in [6.45, 7) is 4.81. The molecule has 0 radical (unpaired) electrons. The molecule has 344 valence electrons. The Kier molecular flexibility index (Phi) is 46.7. The van der Waals surface area contributed by atoms with Crippen LogP contribution in [0, 0.1) is 0 Å². The molecule has 0 aromatic carbocycles. The number of aliphatic hydroxyl groups is 2. The maximum atomic E-state index is 12.4. The second-order valence-electron chi connectivity index (χ2n) is 17.1. The molecule has 2 unspecified atom stereocenters. The van der Waals surface area contributed by atoms with Gasteiger partial charge in [0.2, 0.25) is 5.91 Å². The standard InChI is InChI=1S/C53H97NO5/c1-3-5-7-9-11-13-15-17-19-21-25-29-33-37-41-45-51(56)50(49-55)54-52(57)46-42-38-34-30-26-22-20-24-28-32-36-40-44-48-59-53(58)47-43-39-35-31-27-23-18-16-14-12-10-8-6-4-2/h16,18,22,26,34,38,41,45,50-51,55-56H,3-15,17,19-21,23-25,27-33,35-37,39-40,42-44,46-49H2,1-2H3,(H,54,57)/b18-16-,26-22-,38-34-,45-41+. The van der Waals surface area contributed by atoms with Crippen molar-refractivity contribution in [2.24, 2.45) is 0 Å². The third-order valence-corrected chi connectivity index (χ3v) is 11.3. The summed E-state index contributed by atoms with van der Waals surface area (Å²) in [6.07, 6.45) is 59.7. The Hall–Kier alpha value is -2.18. The molecule has 0 saturated heterocycles. The average Bonchev–Trinajstić information content (AvgIpc) is 3.24. The molecule has 0 aromatic heterocycles. The number of carbonyl (C=O) groups is 2. The molecule has 59 heavy (non-hydrogen) atoms. The molecule has 0 rings (SSSR count). The van der Waals surface area contributed by atoms with Gasteiger partial charge in [0.1, 0.15) is 0 Å². The minimum absolute atomic E-state index is 0.0279. The largest absolute Gasteiger partial charge is 0.466 e. The SMILES string of the molecule is CCCCCCC/C=C\CCCCCCCC(=O)OCCCCCCCC/C=C\C/C=C\CCC(=O)NC(CO)C(O)/C=C/CCCCCCCCCCCCCCC. The predicted molar refractivity (Wildman–Crippen MR) is 255 cm³/mol. The van der Waals surface area contributed by atoms with Crippen molar-refractivity contribution in [2.75, 3.05) is 13.2 Å². The van der Waals surface area contributed by atoms with Crippen molar-refractivity contribution >= 4 is 11.9 Å². The highest BCUT2D eigenvalue weighted by atomic mass is 16.5. The highest BCUT2D eigenvalue weighted by Gasteiger charge is 2.17. The monoisotopic (exact) mass is 828 g/mol. The first kappa shape index (κ1) is 56.8. The Labute approximate surface area is 366 Å². The van der Waals surface area contributed by atoms with E-state index in [9.17, 15) is 19.8 Å². The van der Waals surface area contributed by atoms with E-state index in [1.807, 2.05) is 12.2 Å². The average molecular weight is 828 g/mol. The Bertz CT molecular complexity index is 1000. The van der Waals surface area contributed by atoms with E-state index in [1.54, 1.807) is 6.08 Å². The normalized spacial score (nSPS) is 13.1. The van der Waals surface area contributed by atoms with E-state index in [4.69, 9.17) is 4.74 Å². The summed E-state index contributed by atoms with van der Waals surface area (Å²) in [7, 11) is 0. The van der Waals surface area contributed by atoms with Crippen LogP contribution in [0.25, 0.3) is 0 Å². The highest BCUT2D eigenvalue weighted by molar-refractivity contribution is 5.76. The lowest BCUT2D eigenvalue weighted by atomic mass is 10.0. The summed E-state index contributed by atoms with van der Waals surface area (Å²) in [4.78, 5) is 24.4. The van der Waals surface area contributed by atoms with E-state index in [0.29, 0.717) is 25.9 Å². The van der Waals surface area contributed by atoms with Crippen molar-refractivity contribution < 1.29 is 24.5 Å². The number of amides is 1. The Morgan fingerprint density at radius 2 is 0.864 bits per heavy atom. The van der Waals surface area contributed by atoms with Gasteiger partial charge in [0.15, 0.2) is 0 Å². The van der Waals surface area contributed by atoms with Gasteiger partial charge in [-0.3, -0.25) is 9.59 Å². The number of aliphatic hydroxyl groups excluding tert-OH is 2. The first-order valence-electron chi connectivity index (χ1n) is 25.4. The molecule has 0 saturated carbocycles. The van der Waals surface area contributed by atoms with Crippen LogP contribution in [0.15, 0.2) is 48.6 Å². The summed E-state index contributed by atoms with van der Waals surface area (Å²) >= 11 is 0. The number of nitrogens with one attached hydrogen (secondary N) is 1. The zero-order valence-corrected chi connectivity index (χ0v) is 39.0. The van der Waals surface area contributed by atoms with E-state index in [0.717, 1.165) is 51.4 Å². The van der Waals surface area contributed by atoms with Gasteiger partial charge in [-0.15, -0.1) is 0 Å². The number of hydrogen-bond donors (Lipinski definition) is 3. The van der Waals surface area contributed by atoms with Crippen LogP contribution in [0.5, 0.6) is 0 Å². The smallest absolute Gasteiger partial charge is 0.305 e. The topological polar surface area (TPSA) is 95.9 Å². The lowest BCUT2D eigenvalue weighted by molar-refractivity contribution is -0.143. The minimum Gasteiger partial charge on any atom is -0.466 e. The van der Waals surface area contributed by atoms with Crippen LogP contribution in [0.2, 0.25) is 0 Å². The van der Waals surface area contributed by atoms with Crippen LogP contribution in [-0.2, 0) is 14.3 Å². The third-order valence-electron chi connectivity index (χ3n) is 11.3. The maximum Gasteiger partial charge on any atom is 0.305 e. The second-order valence-corrected chi connectivity index (χ2v) is 17.1. The van der Waals surface area contributed by atoms with E-state index in [-0.39, 0.29) is 18.5 Å². The van der Waals surface area contributed by atoms with Gasteiger partial charge in [-0.2, -0.15) is 0 Å². The van der Waals surface area contributed by atoms with Crippen LogP contribution in [0.4, 0.5) is 0 Å². The molecule has 0 aliphatic carbocycles. The molecule has 6 heteroatoms. The molecule has 0 bridgehead atoms. The highest BCUT2D eigenvalue weighted by Crippen LogP contribution is 2.14. The molecule has 2 atom stereocenters. The number of esters is 1. The van der Waals surface area contributed by atoms with Gasteiger partial charge >= 0.3 is 5.97 Å². The zero-order valence-electron chi connectivity index (χ0n) is 39.0. The summed E-state index contributed by atoms with van der Waals surface area (Å²) in [5.74, 6) is -0.178. The van der Waals surface area contributed by atoms with Gasteiger partial charge in [-0.25, -0.2) is 0 Å². The number of rotatable bonds is 46. The van der Waals surface area contributed by atoms with Crippen molar-refractivity contribution in [3.05, 3.63) is 48.6 Å². The van der Waals surface area contributed by atoms with Gasteiger partial charge in [0.25, 0.3) is 0 Å². The number of hydrogen-bond acceptors (Lipinski definition) is 5. The quantitative estimate of drug-likeness (QED) is 0.0323. The summed E-state index contributed by atoms with van der Waals surface area (Å²) < 4.78 is 5.44. The van der Waals surface area contributed by atoms with Crippen LogP contribution < -0.4 is 5.32 Å². The number of unbranched alkanes of at least 4 members (excludes halogenated alkanes) is 29. The van der Waals surface area contributed by atoms with Gasteiger partial charge in [-0.05, 0) is 77.0 Å². The van der Waals surface area contributed by atoms with Crippen LogP contribution in [-0.4, -0.2) is 47.4 Å². The van der Waals surface area contributed by atoms with Crippen molar-refractivity contribution in [3.8, 4) is 0 Å².